The zero-order chi connectivity index (χ0) is 15.3. The summed E-state index contributed by atoms with van der Waals surface area (Å²) in [5.41, 5.74) is 0.941. The minimum Gasteiger partial charge on any atom is -0.494 e. The second kappa shape index (κ2) is 10.5. The van der Waals surface area contributed by atoms with Gasteiger partial charge in [0.15, 0.2) is 0 Å². The summed E-state index contributed by atoms with van der Waals surface area (Å²) in [5.74, 6) is 0.830. The molecule has 110 valence electrons. The van der Waals surface area contributed by atoms with E-state index in [4.69, 9.17) is 15.3 Å². The van der Waals surface area contributed by atoms with Crippen LogP contribution in [0, 0.1) is 22.7 Å². The zero-order valence-corrected chi connectivity index (χ0v) is 12.6. The average Bonchev–Trinajstić information content (AvgIpc) is 2.53. The van der Waals surface area contributed by atoms with Crippen molar-refractivity contribution in [2.24, 2.45) is 0 Å². The molecular weight excluding hydrogens is 260 g/mol. The third-order valence-electron chi connectivity index (χ3n) is 3.20. The monoisotopic (exact) mass is 282 g/mol. The quantitative estimate of drug-likeness (QED) is 0.480. The molecule has 1 aromatic carbocycles. The van der Waals surface area contributed by atoms with Crippen LogP contribution in [0.3, 0.4) is 0 Å². The molecule has 0 amide bonds. The van der Waals surface area contributed by atoms with Gasteiger partial charge in [0.05, 0.1) is 6.61 Å². The Hall–Kier alpha value is -2.26. The molecule has 0 atom stereocenters. The minimum absolute atomic E-state index is 0.107. The number of nitrogens with zero attached hydrogens (tertiary/aromatic N) is 2. The fourth-order valence-corrected chi connectivity index (χ4v) is 1.99. The number of ether oxygens (including phenoxy) is 1. The molecule has 3 heteroatoms. The van der Waals surface area contributed by atoms with Crippen LogP contribution in [0.4, 0.5) is 0 Å². The van der Waals surface area contributed by atoms with Crippen LogP contribution in [-0.2, 0) is 0 Å². The second-order valence-electron chi connectivity index (χ2n) is 4.97. The van der Waals surface area contributed by atoms with Gasteiger partial charge >= 0.3 is 0 Å². The Morgan fingerprint density at radius 2 is 1.62 bits per heavy atom. The lowest BCUT2D eigenvalue weighted by Gasteiger charge is -2.06. The molecular formula is C18H22N2O. The summed E-state index contributed by atoms with van der Waals surface area (Å²) < 4.78 is 5.67. The van der Waals surface area contributed by atoms with Gasteiger partial charge in [-0.15, -0.1) is 0 Å². The fraction of sp³-hybridized carbons (Fsp3) is 0.444. The Labute approximate surface area is 127 Å². The van der Waals surface area contributed by atoms with E-state index in [0.29, 0.717) is 0 Å². The normalized spacial score (nSPS) is 9.48. The van der Waals surface area contributed by atoms with Gasteiger partial charge in [-0.25, -0.2) is 0 Å². The Kier molecular flexibility index (Phi) is 8.41. The first-order valence-corrected chi connectivity index (χ1v) is 7.55. The van der Waals surface area contributed by atoms with E-state index in [1.807, 2.05) is 36.4 Å². The van der Waals surface area contributed by atoms with Crippen molar-refractivity contribution >= 4 is 6.08 Å². The highest BCUT2D eigenvalue weighted by molar-refractivity contribution is 5.62. The summed E-state index contributed by atoms with van der Waals surface area (Å²) >= 11 is 0. The molecule has 0 spiro atoms. The van der Waals surface area contributed by atoms with Gasteiger partial charge in [-0.05, 0) is 30.2 Å². The van der Waals surface area contributed by atoms with Gasteiger partial charge in [-0.3, -0.25) is 0 Å². The molecule has 0 saturated carbocycles. The molecule has 0 aliphatic heterocycles. The summed E-state index contributed by atoms with van der Waals surface area (Å²) in [7, 11) is 0. The van der Waals surface area contributed by atoms with Crippen molar-refractivity contribution < 1.29 is 4.74 Å². The molecule has 0 unspecified atom stereocenters. The highest BCUT2D eigenvalue weighted by Gasteiger charge is 1.97. The van der Waals surface area contributed by atoms with Crippen molar-refractivity contribution in [2.45, 2.75) is 45.4 Å². The molecule has 3 nitrogen and oxygen atoms in total. The predicted molar refractivity (Wildman–Crippen MR) is 84.5 cm³/mol. The molecule has 1 rings (SSSR count). The maximum atomic E-state index is 8.70. The zero-order valence-electron chi connectivity index (χ0n) is 12.6. The van der Waals surface area contributed by atoms with E-state index in [2.05, 4.69) is 6.92 Å². The summed E-state index contributed by atoms with van der Waals surface area (Å²) in [6.45, 7) is 2.96. The molecule has 0 aliphatic rings. The first-order valence-electron chi connectivity index (χ1n) is 7.55. The van der Waals surface area contributed by atoms with Gasteiger partial charge < -0.3 is 4.74 Å². The van der Waals surface area contributed by atoms with Gasteiger partial charge in [0, 0.05) is 0 Å². The van der Waals surface area contributed by atoms with Gasteiger partial charge in [-0.1, -0.05) is 51.2 Å². The number of rotatable bonds is 9. The van der Waals surface area contributed by atoms with E-state index in [9.17, 15) is 0 Å². The molecule has 0 bridgehead atoms. The minimum atomic E-state index is 0.107. The van der Waals surface area contributed by atoms with Crippen LogP contribution in [0.15, 0.2) is 29.8 Å². The topological polar surface area (TPSA) is 56.8 Å². The summed E-state index contributed by atoms with van der Waals surface area (Å²) in [6.07, 6.45) is 9.06. The Morgan fingerprint density at radius 3 is 2.24 bits per heavy atom. The van der Waals surface area contributed by atoms with E-state index in [1.54, 1.807) is 6.08 Å². The molecule has 0 aromatic heterocycles. The van der Waals surface area contributed by atoms with Crippen molar-refractivity contribution in [2.75, 3.05) is 6.61 Å². The van der Waals surface area contributed by atoms with E-state index >= 15 is 0 Å². The molecule has 21 heavy (non-hydrogen) atoms. The Morgan fingerprint density at radius 1 is 1.00 bits per heavy atom. The van der Waals surface area contributed by atoms with Crippen LogP contribution in [0.2, 0.25) is 0 Å². The van der Waals surface area contributed by atoms with Crippen LogP contribution in [0.1, 0.15) is 51.0 Å². The van der Waals surface area contributed by atoms with E-state index in [-0.39, 0.29) is 5.57 Å². The largest absolute Gasteiger partial charge is 0.494 e. The lowest BCUT2D eigenvalue weighted by atomic mass is 10.1. The van der Waals surface area contributed by atoms with Crippen molar-refractivity contribution in [3.05, 3.63) is 35.4 Å². The maximum Gasteiger partial charge on any atom is 0.130 e. The molecule has 0 heterocycles. The molecule has 0 N–H and O–H groups in total. The third kappa shape index (κ3) is 7.18. The van der Waals surface area contributed by atoms with Crippen molar-refractivity contribution in [1.29, 1.82) is 10.5 Å². The SMILES string of the molecule is CCCCCCCCOc1ccc(C=C(C#N)C#N)cc1. The number of allylic oxidation sites excluding steroid dienone is 1. The van der Waals surface area contributed by atoms with E-state index in [1.165, 1.54) is 32.1 Å². The Bertz CT molecular complexity index is 502. The lowest BCUT2D eigenvalue weighted by molar-refractivity contribution is 0.304. The van der Waals surface area contributed by atoms with E-state index in [0.717, 1.165) is 24.3 Å². The van der Waals surface area contributed by atoms with Crippen molar-refractivity contribution in [3.8, 4) is 17.9 Å². The van der Waals surface area contributed by atoms with Gasteiger partial charge in [0.25, 0.3) is 0 Å². The van der Waals surface area contributed by atoms with Crippen LogP contribution < -0.4 is 4.74 Å². The first kappa shape index (κ1) is 16.8. The summed E-state index contributed by atoms with van der Waals surface area (Å²) in [4.78, 5) is 0. The summed E-state index contributed by atoms with van der Waals surface area (Å²) in [5, 5.41) is 17.4. The number of unbranched alkanes of at least 4 members (excludes halogenated alkanes) is 5. The second-order valence-corrected chi connectivity index (χ2v) is 4.97. The van der Waals surface area contributed by atoms with Crippen molar-refractivity contribution in [3.63, 3.8) is 0 Å². The van der Waals surface area contributed by atoms with Crippen LogP contribution >= 0.6 is 0 Å². The first-order chi connectivity index (χ1) is 10.3. The fourth-order valence-electron chi connectivity index (χ4n) is 1.99. The number of benzene rings is 1. The highest BCUT2D eigenvalue weighted by Crippen LogP contribution is 2.15. The van der Waals surface area contributed by atoms with Gasteiger partial charge in [0.1, 0.15) is 23.5 Å². The smallest absolute Gasteiger partial charge is 0.130 e. The lowest BCUT2D eigenvalue weighted by Crippen LogP contribution is -1.97. The van der Waals surface area contributed by atoms with Gasteiger partial charge in [0.2, 0.25) is 0 Å². The van der Waals surface area contributed by atoms with Gasteiger partial charge in [-0.2, -0.15) is 10.5 Å². The Balaban J connectivity index is 2.31. The molecule has 0 fully saturated rings. The highest BCUT2D eigenvalue weighted by atomic mass is 16.5. The number of nitriles is 2. The van der Waals surface area contributed by atoms with Crippen LogP contribution in [0.25, 0.3) is 6.08 Å². The predicted octanol–water partition coefficient (Wildman–Crippen LogP) is 4.86. The van der Waals surface area contributed by atoms with E-state index < -0.39 is 0 Å². The number of hydrogen-bond donors (Lipinski definition) is 0. The molecule has 0 saturated heterocycles. The molecule has 1 aromatic rings. The third-order valence-corrected chi connectivity index (χ3v) is 3.20. The van der Waals surface area contributed by atoms with Crippen molar-refractivity contribution in [1.82, 2.24) is 0 Å². The van der Waals surface area contributed by atoms with Crippen LogP contribution in [0.5, 0.6) is 5.75 Å². The molecule has 0 aliphatic carbocycles. The maximum absolute atomic E-state index is 8.70. The molecule has 0 radical (unpaired) electrons. The van der Waals surface area contributed by atoms with Crippen LogP contribution in [-0.4, -0.2) is 6.61 Å². The average molecular weight is 282 g/mol. The summed E-state index contributed by atoms with van der Waals surface area (Å²) in [6, 6.07) is 11.1. The number of hydrogen-bond acceptors (Lipinski definition) is 3. The standard InChI is InChI=1S/C18H22N2O/c1-2-3-4-5-6-7-12-21-18-10-8-16(9-11-18)13-17(14-19)15-20/h8-11,13H,2-7,12H2,1H3.